The number of methoxy groups -OCH3 is 1. The molecular formula is C29H45N3O4. The molecule has 7 heteroatoms. The summed E-state index contributed by atoms with van der Waals surface area (Å²) in [5.41, 5.74) is 3.46. The van der Waals surface area contributed by atoms with Crippen LogP contribution in [0.2, 0.25) is 0 Å². The second-order valence-corrected chi connectivity index (χ2v) is 9.09. The second-order valence-electron chi connectivity index (χ2n) is 9.09. The molecule has 0 saturated carbocycles. The van der Waals surface area contributed by atoms with Gasteiger partial charge in [0.2, 0.25) is 5.88 Å². The Bertz CT molecular complexity index is 941. The van der Waals surface area contributed by atoms with E-state index >= 15 is 0 Å². The number of ether oxygens (including phenoxy) is 1. The Balaban J connectivity index is 0.000000551. The minimum Gasteiger partial charge on any atom is -0.480 e. The van der Waals surface area contributed by atoms with Crippen molar-refractivity contribution in [3.8, 4) is 5.88 Å². The number of ketones is 3. The Morgan fingerprint density at radius 3 is 1.94 bits per heavy atom. The number of aryl methyl sites for hydroxylation is 1. The molecule has 0 bridgehead atoms. The highest BCUT2D eigenvalue weighted by atomic mass is 16.5. The quantitative estimate of drug-likeness (QED) is 0.237. The number of rotatable bonds is 12. The van der Waals surface area contributed by atoms with Crippen LogP contribution in [0, 0.1) is 12.8 Å². The number of nitrogens with zero attached hydrogens (tertiary/aromatic N) is 3. The lowest BCUT2D eigenvalue weighted by atomic mass is 9.92. The van der Waals surface area contributed by atoms with E-state index in [1.54, 1.807) is 26.0 Å². The lowest BCUT2D eigenvalue weighted by Crippen LogP contribution is -2.16. The van der Waals surface area contributed by atoms with Crippen LogP contribution in [0.5, 0.6) is 5.88 Å². The summed E-state index contributed by atoms with van der Waals surface area (Å²) in [5, 5.41) is 7.74. The fourth-order valence-corrected chi connectivity index (χ4v) is 3.49. The molecule has 0 aliphatic heterocycles. The molecule has 0 amide bonds. The van der Waals surface area contributed by atoms with Crippen LogP contribution in [0.1, 0.15) is 106 Å². The number of carbonyl (C=O) groups is 3. The highest BCUT2D eigenvalue weighted by Gasteiger charge is 2.20. The molecule has 2 rings (SSSR count). The summed E-state index contributed by atoms with van der Waals surface area (Å²) in [7, 11) is 3.46. The predicted molar refractivity (Wildman–Crippen MR) is 146 cm³/mol. The van der Waals surface area contributed by atoms with Crippen molar-refractivity contribution in [3.05, 3.63) is 53.5 Å². The van der Waals surface area contributed by atoms with Gasteiger partial charge in [0, 0.05) is 42.9 Å². The van der Waals surface area contributed by atoms with Crippen molar-refractivity contribution in [2.45, 2.75) is 86.5 Å². The molecule has 0 N–H and O–H groups in total. The Kier molecular flexibility index (Phi) is 16.7. The van der Waals surface area contributed by atoms with E-state index in [1.807, 2.05) is 37.7 Å². The zero-order valence-electron chi connectivity index (χ0n) is 23.5. The maximum atomic E-state index is 12.2. The fourth-order valence-electron chi connectivity index (χ4n) is 3.49. The topological polar surface area (TPSA) is 91.2 Å². The van der Waals surface area contributed by atoms with Gasteiger partial charge in [-0.1, -0.05) is 32.3 Å². The van der Waals surface area contributed by atoms with E-state index in [1.165, 1.54) is 7.11 Å². The standard InChI is InChI=1S/C13H20N2O2.C8H11NO.C8H14O/c1-4-6-10(7-5-2)13(16)11-8-9-12(17-3)15-14-11;1-6-8(7(2)10)4-5-9(6)3;1-7(2)5-4-6-8(3)9/h8-10H,4-7H2,1-3H3;4-5H,1-3H3;1,4-6H2,2-3H3. The normalized spacial score (nSPS) is 10.0. The Labute approximate surface area is 217 Å². The highest BCUT2D eigenvalue weighted by Crippen LogP contribution is 2.19. The third-order valence-electron chi connectivity index (χ3n) is 5.64. The lowest BCUT2D eigenvalue weighted by Gasteiger charge is -2.12. The summed E-state index contributed by atoms with van der Waals surface area (Å²) in [6.45, 7) is 15.1. The zero-order chi connectivity index (χ0) is 27.7. The summed E-state index contributed by atoms with van der Waals surface area (Å²) in [4.78, 5) is 33.4. The van der Waals surface area contributed by atoms with Crippen LogP contribution in [0.15, 0.2) is 36.5 Å². The molecule has 2 aromatic rings. The molecule has 0 saturated heterocycles. The summed E-state index contributed by atoms with van der Waals surface area (Å²) < 4.78 is 6.86. The smallest absolute Gasteiger partial charge is 0.233 e. The summed E-state index contributed by atoms with van der Waals surface area (Å²) >= 11 is 0. The number of hydrogen-bond acceptors (Lipinski definition) is 6. The van der Waals surface area contributed by atoms with Gasteiger partial charge in [-0.15, -0.1) is 16.8 Å². The lowest BCUT2D eigenvalue weighted by molar-refractivity contribution is -0.117. The van der Waals surface area contributed by atoms with Gasteiger partial charge in [-0.05, 0) is 65.5 Å². The highest BCUT2D eigenvalue weighted by molar-refractivity contribution is 5.96. The Morgan fingerprint density at radius 2 is 1.61 bits per heavy atom. The maximum Gasteiger partial charge on any atom is 0.233 e. The van der Waals surface area contributed by atoms with Gasteiger partial charge in [0.05, 0.1) is 7.11 Å². The molecule has 0 radical (unpaired) electrons. The Morgan fingerprint density at radius 1 is 1.00 bits per heavy atom. The summed E-state index contributed by atoms with van der Waals surface area (Å²) in [6.07, 6.45) is 8.41. The first-order valence-corrected chi connectivity index (χ1v) is 12.7. The van der Waals surface area contributed by atoms with E-state index in [0.29, 0.717) is 18.0 Å². The Hall–Kier alpha value is -3.09. The molecule has 0 aliphatic carbocycles. The maximum absolute atomic E-state index is 12.2. The average Bonchev–Trinajstić information content (AvgIpc) is 3.17. The third kappa shape index (κ3) is 13.1. The fraction of sp³-hybridized carbons (Fsp3) is 0.552. The molecule has 36 heavy (non-hydrogen) atoms. The summed E-state index contributed by atoms with van der Waals surface area (Å²) in [5.74, 6) is 1.02. The minimum atomic E-state index is 0.0766. The van der Waals surface area contributed by atoms with E-state index in [-0.39, 0.29) is 23.3 Å². The third-order valence-corrected chi connectivity index (χ3v) is 5.64. The summed E-state index contributed by atoms with van der Waals surface area (Å²) in [6, 6.07) is 5.21. The first-order chi connectivity index (χ1) is 17.0. The number of aromatic nitrogens is 3. The van der Waals surface area contributed by atoms with E-state index in [0.717, 1.165) is 55.4 Å². The molecule has 0 atom stereocenters. The molecular weight excluding hydrogens is 454 g/mol. The minimum absolute atomic E-state index is 0.0766. The van der Waals surface area contributed by atoms with Crippen LogP contribution in [-0.4, -0.2) is 39.2 Å². The monoisotopic (exact) mass is 499 g/mol. The molecule has 2 aromatic heterocycles. The zero-order valence-corrected chi connectivity index (χ0v) is 23.5. The van der Waals surface area contributed by atoms with Crippen molar-refractivity contribution in [2.75, 3.05) is 7.11 Å². The van der Waals surface area contributed by atoms with Gasteiger partial charge in [-0.2, -0.15) is 0 Å². The molecule has 0 spiro atoms. The van der Waals surface area contributed by atoms with Gasteiger partial charge in [0.1, 0.15) is 11.5 Å². The van der Waals surface area contributed by atoms with Crippen molar-refractivity contribution in [1.29, 1.82) is 0 Å². The molecule has 0 fully saturated rings. The van der Waals surface area contributed by atoms with E-state index < -0.39 is 0 Å². The first kappa shape index (κ1) is 32.9. The van der Waals surface area contributed by atoms with Crippen LogP contribution in [0.3, 0.4) is 0 Å². The van der Waals surface area contributed by atoms with Crippen LogP contribution in [0.4, 0.5) is 0 Å². The van der Waals surface area contributed by atoms with Crippen LogP contribution in [0.25, 0.3) is 0 Å². The van der Waals surface area contributed by atoms with Crippen LogP contribution in [-0.2, 0) is 11.8 Å². The van der Waals surface area contributed by atoms with Crippen molar-refractivity contribution in [3.63, 3.8) is 0 Å². The van der Waals surface area contributed by atoms with Gasteiger partial charge >= 0.3 is 0 Å². The number of carbonyl (C=O) groups excluding carboxylic acids is 3. The van der Waals surface area contributed by atoms with Gasteiger partial charge < -0.3 is 14.1 Å². The predicted octanol–water partition coefficient (Wildman–Crippen LogP) is 6.74. The SMILES string of the molecule is C=C(C)CCCC(C)=O.CC(=O)c1ccn(C)c1C.CCCC(CCC)C(=O)c1ccc(OC)nn1. The van der Waals surface area contributed by atoms with Crippen LogP contribution < -0.4 is 4.74 Å². The van der Waals surface area contributed by atoms with Gasteiger partial charge in [-0.25, -0.2) is 0 Å². The van der Waals surface area contributed by atoms with Crippen molar-refractivity contribution >= 4 is 17.3 Å². The van der Waals surface area contributed by atoms with E-state index in [9.17, 15) is 14.4 Å². The van der Waals surface area contributed by atoms with Crippen LogP contribution >= 0.6 is 0 Å². The number of allylic oxidation sites excluding steroid dienone is 1. The van der Waals surface area contributed by atoms with Crippen molar-refractivity contribution in [2.24, 2.45) is 13.0 Å². The van der Waals surface area contributed by atoms with Crippen molar-refractivity contribution in [1.82, 2.24) is 14.8 Å². The average molecular weight is 500 g/mol. The molecule has 200 valence electrons. The first-order valence-electron chi connectivity index (χ1n) is 12.7. The number of hydrogen-bond donors (Lipinski definition) is 0. The molecule has 2 heterocycles. The molecule has 7 nitrogen and oxygen atoms in total. The molecule has 0 aliphatic rings. The molecule has 0 aromatic carbocycles. The second kappa shape index (κ2) is 18.2. The van der Waals surface area contributed by atoms with E-state index in [2.05, 4.69) is 30.6 Å². The molecule has 0 unspecified atom stereocenters. The number of Topliss-reactive ketones (excluding diaryl/α,β-unsaturated/α-hetero) is 3. The van der Waals surface area contributed by atoms with Gasteiger partial charge in [0.15, 0.2) is 11.6 Å². The van der Waals surface area contributed by atoms with Gasteiger partial charge in [-0.3, -0.25) is 9.59 Å². The van der Waals surface area contributed by atoms with Crippen molar-refractivity contribution < 1.29 is 19.1 Å². The van der Waals surface area contributed by atoms with E-state index in [4.69, 9.17) is 4.74 Å². The largest absolute Gasteiger partial charge is 0.480 e. The van der Waals surface area contributed by atoms with Gasteiger partial charge in [0.25, 0.3) is 0 Å².